The minimum Gasteiger partial charge on any atom is -0.238 e. The van der Waals surface area contributed by atoms with Gasteiger partial charge in [-0.15, -0.1) is 0 Å². The molecule has 0 atom stereocenters. The van der Waals surface area contributed by atoms with Crippen molar-refractivity contribution < 1.29 is 33.3 Å². The van der Waals surface area contributed by atoms with Gasteiger partial charge in [-0.05, 0) is 241 Å². The Balaban J connectivity index is 0.000000132. The molecule has 0 amide bonds. The monoisotopic (exact) mass is 1740 g/mol. The molecule has 8 nitrogen and oxygen atoms in total. The van der Waals surface area contributed by atoms with E-state index in [2.05, 4.69) is 242 Å². The van der Waals surface area contributed by atoms with Crippen molar-refractivity contribution in [2.24, 2.45) is 28.2 Å². The number of hydrogen-bond donors (Lipinski definition) is 0. The summed E-state index contributed by atoms with van der Waals surface area (Å²) < 4.78 is 100. The summed E-state index contributed by atoms with van der Waals surface area (Å²) in [6, 6.07) is 79.2. The molecule has 0 radical (unpaired) electrons. The molecule has 0 aliphatic heterocycles. The molecule has 133 heavy (non-hydrogen) atoms. The van der Waals surface area contributed by atoms with Crippen molar-refractivity contribution in [3.8, 4) is 134 Å². The fraction of sp³-hybridized carbons (Fsp3) is 0.232. The van der Waals surface area contributed by atoms with E-state index in [0.29, 0.717) is 57.4 Å². The largest absolute Gasteiger partial charge is 0.238 e. The van der Waals surface area contributed by atoms with Crippen LogP contribution in [0.15, 0.2) is 261 Å². The smallest absolute Gasteiger partial charge is 0.213 e. The second kappa shape index (κ2) is 34.2. The highest BCUT2D eigenvalue weighted by Gasteiger charge is 2.48. The van der Waals surface area contributed by atoms with Crippen LogP contribution in [-0.2, 0) is 49.9 Å². The van der Waals surface area contributed by atoms with E-state index in [1.165, 1.54) is 61.5 Å². The Morgan fingerprint density at radius 3 is 0.857 bits per heavy atom. The summed E-state index contributed by atoms with van der Waals surface area (Å²) in [4.78, 5) is 15.6. The van der Waals surface area contributed by atoms with Gasteiger partial charge in [0.05, 0.1) is 55.4 Å². The van der Waals surface area contributed by atoms with E-state index in [1.807, 2.05) is 160 Å². The van der Waals surface area contributed by atoms with Gasteiger partial charge in [-0.25, -0.2) is 19.4 Å². The maximum atomic E-state index is 9.17. The molecule has 4 heterocycles. The van der Waals surface area contributed by atoms with Crippen LogP contribution in [-0.4, -0.2) is 0 Å². The van der Waals surface area contributed by atoms with Crippen LogP contribution >= 0.6 is 0 Å². The first-order chi connectivity index (χ1) is 68.0. The summed E-state index contributed by atoms with van der Waals surface area (Å²) in [6.45, 7) is 66.5. The van der Waals surface area contributed by atoms with Crippen molar-refractivity contribution in [2.45, 2.75) is 167 Å². The number of benzene rings is 12. The van der Waals surface area contributed by atoms with Gasteiger partial charge in [-0.3, -0.25) is 0 Å². The van der Waals surface area contributed by atoms with Gasteiger partial charge in [0, 0.05) is 105 Å². The third-order valence-electron chi connectivity index (χ3n) is 28.8. The molecule has 0 spiro atoms. The molecular formula is C125H118N8+4. The first kappa shape index (κ1) is 77.0. The first-order valence-corrected chi connectivity index (χ1v) is 45.4. The van der Waals surface area contributed by atoms with Crippen molar-refractivity contribution in [1.82, 2.24) is 0 Å². The normalized spacial score (nSPS) is 14.7. The average Bonchev–Trinajstić information content (AvgIpc) is 1.54. The highest BCUT2D eigenvalue weighted by molar-refractivity contribution is 6.02. The van der Waals surface area contributed by atoms with Crippen LogP contribution in [0.25, 0.3) is 153 Å². The first-order valence-electron chi connectivity index (χ1n) is 50.9. The minimum absolute atomic E-state index is 0.0883. The number of aromatic nitrogens is 4. The zero-order valence-electron chi connectivity index (χ0n) is 91.5. The third-order valence-corrected chi connectivity index (χ3v) is 28.8. The Morgan fingerprint density at radius 1 is 0.256 bits per heavy atom. The second-order valence-electron chi connectivity index (χ2n) is 38.4. The molecule has 0 unspecified atom stereocenters. The molecule has 4 aliphatic carbocycles. The lowest BCUT2D eigenvalue weighted by Gasteiger charge is -2.27. The van der Waals surface area contributed by atoms with Crippen molar-refractivity contribution in [2.75, 3.05) is 0 Å². The molecular weight excluding hydrogens is 1610 g/mol. The minimum atomic E-state index is -2.49. The van der Waals surface area contributed by atoms with Gasteiger partial charge >= 0.3 is 0 Å². The predicted octanol–water partition coefficient (Wildman–Crippen LogP) is 30.8. The summed E-state index contributed by atoms with van der Waals surface area (Å²) in [7, 11) is 7.75. The van der Waals surface area contributed by atoms with Gasteiger partial charge in [0.15, 0.2) is 45.5 Å². The fourth-order valence-corrected chi connectivity index (χ4v) is 22.2. The molecule has 0 N–H and O–H groups in total. The number of rotatable bonds is 8. The maximum Gasteiger partial charge on any atom is 0.213 e. The van der Waals surface area contributed by atoms with E-state index < -0.39 is 29.9 Å². The van der Waals surface area contributed by atoms with Gasteiger partial charge in [-0.1, -0.05) is 274 Å². The Bertz CT molecular complexity index is 8000. The number of hydrogen-bond acceptors (Lipinski definition) is 0. The van der Waals surface area contributed by atoms with E-state index >= 15 is 0 Å². The molecule has 20 rings (SSSR count). The Kier molecular flexibility index (Phi) is 19.8. The van der Waals surface area contributed by atoms with Gasteiger partial charge in [0.1, 0.15) is 28.2 Å². The van der Waals surface area contributed by atoms with E-state index in [-0.39, 0.29) is 34.7 Å². The van der Waals surface area contributed by atoms with Gasteiger partial charge in [-0.2, -0.15) is 18.3 Å². The standard InChI is InChI=1S/C32H31N2.3C31H29N2/c1-19-14-15-24-25-16-17-26(33-7)29(23-12-10-9-11-13-23)31(25)32(5,6)30(24)28(19)27-18-20(2)21(3)22(4)34(27)8;1-19-14-18-26(33(7)21(19)3)27-20(2)13-15-23-24-16-17-25(32-6)28(22-11-9-8-10-12-22)30(24)31(4,5)29(23)27;2*1-19-17-21(3)33(7)26(18-19)27-20(2)13-14-23-24-15-16-25(32-6)28(22-11-9-8-10-12-22)30(24)31(4,5)29(23)27/h9-18H,1-6,8H3;3*8-18H,1-5,7H3/q4*+1/i3D3,18D;1D3,14D,18D;17D,18D;. The van der Waals surface area contributed by atoms with Crippen LogP contribution in [0.1, 0.15) is 188 Å². The highest BCUT2D eigenvalue weighted by atomic mass is 15.0. The Hall–Kier alpha value is -14.8. The summed E-state index contributed by atoms with van der Waals surface area (Å²) in [6.07, 6.45) is 0. The van der Waals surface area contributed by atoms with Crippen molar-refractivity contribution >= 4 is 22.7 Å². The van der Waals surface area contributed by atoms with Gasteiger partial charge in [0.2, 0.25) is 22.8 Å². The second-order valence-corrected chi connectivity index (χ2v) is 38.4. The predicted molar refractivity (Wildman–Crippen MR) is 551 cm³/mol. The molecule has 4 aliphatic rings. The summed E-state index contributed by atoms with van der Waals surface area (Å²) >= 11 is 0. The van der Waals surface area contributed by atoms with E-state index in [4.69, 9.17) is 40.0 Å². The number of pyridine rings is 4. The zero-order valence-corrected chi connectivity index (χ0v) is 80.5. The molecule has 654 valence electrons. The van der Waals surface area contributed by atoms with E-state index in [0.717, 1.165) is 156 Å². The summed E-state index contributed by atoms with van der Waals surface area (Å²) in [5, 5.41) is 0. The number of fused-ring (bicyclic) bond motifs is 12. The average molecular weight is 1740 g/mol. The van der Waals surface area contributed by atoms with Gasteiger partial charge < -0.3 is 0 Å². The molecule has 12 aromatic carbocycles. The highest BCUT2D eigenvalue weighted by Crippen LogP contribution is 2.63. The quantitative estimate of drug-likeness (QED) is 0.107. The molecule has 16 aromatic rings. The summed E-state index contributed by atoms with van der Waals surface area (Å²) in [5.41, 5.74) is 45.1. The maximum absolute atomic E-state index is 9.17. The Labute approximate surface area is 804 Å². The Morgan fingerprint density at radius 2 is 0.541 bits per heavy atom. The van der Waals surface area contributed by atoms with Crippen LogP contribution in [0.3, 0.4) is 0 Å². The van der Waals surface area contributed by atoms with Crippen molar-refractivity contribution in [3.05, 3.63) is 424 Å². The van der Waals surface area contributed by atoms with E-state index in [9.17, 15) is 1.37 Å². The molecule has 0 bridgehead atoms. The third kappa shape index (κ3) is 14.6. The van der Waals surface area contributed by atoms with Crippen LogP contribution in [0, 0.1) is 116 Å². The number of nitrogens with zero attached hydrogens (tertiary/aromatic N) is 8. The lowest BCUT2D eigenvalue weighted by atomic mass is 9.75. The van der Waals surface area contributed by atoms with Crippen LogP contribution in [0.2, 0.25) is 0 Å². The fourth-order valence-electron chi connectivity index (χ4n) is 22.2. The van der Waals surface area contributed by atoms with E-state index in [1.54, 1.807) is 25.5 Å². The molecule has 4 aromatic heterocycles. The van der Waals surface area contributed by atoms with Crippen molar-refractivity contribution in [3.63, 3.8) is 0 Å². The zero-order chi connectivity index (χ0) is 104. The van der Waals surface area contributed by atoms with Crippen molar-refractivity contribution in [1.29, 1.82) is 0 Å². The molecule has 0 saturated heterocycles. The molecule has 0 saturated carbocycles. The number of aryl methyl sites for hydroxylation is 6. The van der Waals surface area contributed by atoms with Crippen LogP contribution in [0.4, 0.5) is 22.7 Å². The lowest BCUT2D eigenvalue weighted by molar-refractivity contribution is -0.667. The van der Waals surface area contributed by atoms with Gasteiger partial charge in [0.25, 0.3) is 0 Å². The molecule has 8 heteroatoms. The molecule has 0 fully saturated rings. The lowest BCUT2D eigenvalue weighted by Crippen LogP contribution is -2.37. The topological polar surface area (TPSA) is 33.0 Å². The van der Waals surface area contributed by atoms with Crippen LogP contribution < -0.4 is 18.3 Å². The SMILES string of the molecule is [2H]c1c(C)c(C([2H])([2H])[2H])c(C)[n+](C)c1-c1c(C)ccc2c1C(C)(C)c1c-2ccc([N+]#[C-])c1-c1ccccc1.[2H]c1c(C)c([2H])c(-c2c(C)ccc3c2C(C)(C)c2c-3ccc([N+]#[C-])c2-c2ccccc2)[n+](C)c1C.[2H]c1c([2H])c(-c2c(C)ccc3c2C(C)(C)c2c-3ccc([N+]#[C-])c2-c2ccccc2)[n+](C)c(C)c1C([2H])([2H])[2H].[C-]#[N+]c1ccc2c(c1-c1ccccc1)C(C)(C)c1c-2ccc(C)c1-c1cc(C)cc(C)[n+]1C. The van der Waals surface area contributed by atoms with Crippen LogP contribution in [0.5, 0.6) is 0 Å². The summed E-state index contributed by atoms with van der Waals surface area (Å²) in [5.74, 6) is 0.